The smallest absolute Gasteiger partial charge is 0.124 e. The Bertz CT molecular complexity index is 854. The van der Waals surface area contributed by atoms with E-state index in [2.05, 4.69) is 9.98 Å². The third kappa shape index (κ3) is 3.81. The molecule has 0 amide bonds. The molecule has 2 aromatic carbocycles. The van der Waals surface area contributed by atoms with Crippen molar-refractivity contribution in [2.45, 2.75) is 13.5 Å². The van der Waals surface area contributed by atoms with E-state index in [0.717, 1.165) is 27.6 Å². The number of hydrogen-bond donors (Lipinski definition) is 1. The van der Waals surface area contributed by atoms with Crippen LogP contribution >= 0.6 is 11.3 Å². The van der Waals surface area contributed by atoms with E-state index in [4.69, 9.17) is 4.74 Å². The van der Waals surface area contributed by atoms with Gasteiger partial charge in [0.05, 0.1) is 19.3 Å². The van der Waals surface area contributed by atoms with Crippen LogP contribution in [0.15, 0.2) is 52.8 Å². The molecule has 3 aromatic rings. The molecule has 1 aromatic heterocycles. The predicted octanol–water partition coefficient (Wildman–Crippen LogP) is 4.45. The Kier molecular flexibility index (Phi) is 4.91. The second kappa shape index (κ2) is 7.27. The van der Waals surface area contributed by atoms with Gasteiger partial charge in [0, 0.05) is 22.7 Å². The standard InChI is InChI=1S/C19H18N2O2S/c1-13-3-4-15(18(22)9-13)10-20-11-19-21-17(12-24-19)14-5-7-16(23-2)8-6-14/h3-10,12,22H,11H2,1-2H3. The maximum atomic E-state index is 9.87. The summed E-state index contributed by atoms with van der Waals surface area (Å²) in [5.41, 5.74) is 3.73. The van der Waals surface area contributed by atoms with Crippen LogP contribution in [0.1, 0.15) is 16.1 Å². The van der Waals surface area contributed by atoms with E-state index >= 15 is 0 Å². The molecule has 0 spiro atoms. The number of thiazole rings is 1. The van der Waals surface area contributed by atoms with E-state index in [1.165, 1.54) is 0 Å². The maximum Gasteiger partial charge on any atom is 0.124 e. The first-order chi connectivity index (χ1) is 11.7. The Hall–Kier alpha value is -2.66. The molecule has 1 N–H and O–H groups in total. The third-order valence-electron chi connectivity index (χ3n) is 3.58. The predicted molar refractivity (Wildman–Crippen MR) is 98.2 cm³/mol. The van der Waals surface area contributed by atoms with Gasteiger partial charge in [-0.1, -0.05) is 6.07 Å². The first kappa shape index (κ1) is 16.2. The van der Waals surface area contributed by atoms with Gasteiger partial charge in [-0.25, -0.2) is 4.98 Å². The van der Waals surface area contributed by atoms with Crippen LogP contribution in [-0.4, -0.2) is 23.4 Å². The summed E-state index contributed by atoms with van der Waals surface area (Å²) in [5, 5.41) is 12.8. The molecular weight excluding hydrogens is 320 g/mol. The molecule has 24 heavy (non-hydrogen) atoms. The number of nitrogens with zero attached hydrogens (tertiary/aromatic N) is 2. The van der Waals surface area contributed by atoms with E-state index in [1.54, 1.807) is 30.7 Å². The van der Waals surface area contributed by atoms with Crippen molar-refractivity contribution in [1.29, 1.82) is 0 Å². The summed E-state index contributed by atoms with van der Waals surface area (Å²) in [7, 11) is 1.65. The fourth-order valence-electron chi connectivity index (χ4n) is 2.26. The van der Waals surface area contributed by atoms with Crippen LogP contribution in [-0.2, 0) is 6.54 Å². The van der Waals surface area contributed by atoms with Crippen molar-refractivity contribution in [3.63, 3.8) is 0 Å². The maximum absolute atomic E-state index is 9.87. The Balaban J connectivity index is 1.68. The van der Waals surface area contributed by atoms with E-state index in [1.807, 2.05) is 48.7 Å². The van der Waals surface area contributed by atoms with Gasteiger partial charge >= 0.3 is 0 Å². The van der Waals surface area contributed by atoms with Gasteiger partial charge in [0.15, 0.2) is 0 Å². The number of aliphatic imine (C=N–C) groups is 1. The third-order valence-corrected chi connectivity index (χ3v) is 4.41. The zero-order chi connectivity index (χ0) is 16.9. The summed E-state index contributed by atoms with van der Waals surface area (Å²) in [6, 6.07) is 13.4. The fourth-order valence-corrected chi connectivity index (χ4v) is 3.00. The Morgan fingerprint density at radius 2 is 2.00 bits per heavy atom. The first-order valence-electron chi connectivity index (χ1n) is 7.54. The normalized spacial score (nSPS) is 11.1. The van der Waals surface area contributed by atoms with Crippen LogP contribution in [0.5, 0.6) is 11.5 Å². The quantitative estimate of drug-likeness (QED) is 0.699. The number of aromatic hydroxyl groups is 1. The van der Waals surface area contributed by atoms with Gasteiger partial charge in [0.2, 0.25) is 0 Å². The molecule has 0 atom stereocenters. The Morgan fingerprint density at radius 3 is 2.71 bits per heavy atom. The second-order valence-corrected chi connectivity index (χ2v) is 6.33. The van der Waals surface area contributed by atoms with E-state index in [0.29, 0.717) is 12.1 Å². The largest absolute Gasteiger partial charge is 0.507 e. The van der Waals surface area contributed by atoms with Crippen molar-refractivity contribution < 1.29 is 9.84 Å². The molecule has 0 fully saturated rings. The van der Waals surface area contributed by atoms with Crippen molar-refractivity contribution in [2.24, 2.45) is 4.99 Å². The highest BCUT2D eigenvalue weighted by Gasteiger charge is 2.04. The molecule has 0 aliphatic heterocycles. The Morgan fingerprint density at radius 1 is 1.21 bits per heavy atom. The number of aryl methyl sites for hydroxylation is 1. The highest BCUT2D eigenvalue weighted by atomic mass is 32.1. The van der Waals surface area contributed by atoms with Crippen LogP contribution in [0.3, 0.4) is 0 Å². The summed E-state index contributed by atoms with van der Waals surface area (Å²) in [4.78, 5) is 8.98. The average Bonchev–Trinajstić information content (AvgIpc) is 3.06. The van der Waals surface area contributed by atoms with Gasteiger partial charge in [-0.3, -0.25) is 4.99 Å². The Labute approximate surface area is 145 Å². The summed E-state index contributed by atoms with van der Waals surface area (Å²) in [6.07, 6.45) is 1.68. The minimum atomic E-state index is 0.247. The number of methoxy groups -OCH3 is 1. The number of rotatable bonds is 5. The highest BCUT2D eigenvalue weighted by Crippen LogP contribution is 2.24. The molecular formula is C19H18N2O2S. The number of phenols is 1. The molecule has 0 saturated heterocycles. The average molecular weight is 338 g/mol. The van der Waals surface area contributed by atoms with E-state index < -0.39 is 0 Å². The molecule has 4 nitrogen and oxygen atoms in total. The summed E-state index contributed by atoms with van der Waals surface area (Å²) >= 11 is 1.58. The number of benzene rings is 2. The summed E-state index contributed by atoms with van der Waals surface area (Å²) < 4.78 is 5.17. The van der Waals surface area contributed by atoms with Gasteiger partial charge in [-0.05, 0) is 48.9 Å². The molecule has 5 heteroatoms. The minimum Gasteiger partial charge on any atom is -0.507 e. The second-order valence-electron chi connectivity index (χ2n) is 5.39. The molecule has 1 heterocycles. The van der Waals surface area contributed by atoms with Gasteiger partial charge in [0.25, 0.3) is 0 Å². The van der Waals surface area contributed by atoms with E-state index in [9.17, 15) is 5.11 Å². The number of phenolic OH excluding ortho intramolecular Hbond substituents is 1. The molecule has 3 rings (SSSR count). The molecule has 0 radical (unpaired) electrons. The van der Waals surface area contributed by atoms with Crippen molar-refractivity contribution in [1.82, 2.24) is 4.98 Å². The molecule has 0 unspecified atom stereocenters. The molecule has 0 saturated carbocycles. The van der Waals surface area contributed by atoms with E-state index in [-0.39, 0.29) is 5.75 Å². The lowest BCUT2D eigenvalue weighted by molar-refractivity contribution is 0.415. The summed E-state index contributed by atoms with van der Waals surface area (Å²) in [5.74, 6) is 1.08. The van der Waals surface area contributed by atoms with Crippen LogP contribution in [0.4, 0.5) is 0 Å². The van der Waals surface area contributed by atoms with Crippen LogP contribution < -0.4 is 4.74 Å². The fraction of sp³-hybridized carbons (Fsp3) is 0.158. The van der Waals surface area contributed by atoms with Crippen molar-refractivity contribution in [3.05, 3.63) is 64.0 Å². The van der Waals surface area contributed by atoms with Crippen molar-refractivity contribution >= 4 is 17.6 Å². The highest BCUT2D eigenvalue weighted by molar-refractivity contribution is 7.09. The van der Waals surface area contributed by atoms with Crippen molar-refractivity contribution in [3.8, 4) is 22.8 Å². The lowest BCUT2D eigenvalue weighted by Crippen LogP contribution is -1.87. The molecule has 0 aliphatic carbocycles. The van der Waals surface area contributed by atoms with Crippen LogP contribution in [0.25, 0.3) is 11.3 Å². The topological polar surface area (TPSA) is 54.7 Å². The van der Waals surface area contributed by atoms with Gasteiger partial charge < -0.3 is 9.84 Å². The van der Waals surface area contributed by atoms with Gasteiger partial charge in [-0.15, -0.1) is 11.3 Å². The van der Waals surface area contributed by atoms with Crippen LogP contribution in [0.2, 0.25) is 0 Å². The number of ether oxygens (including phenoxy) is 1. The van der Waals surface area contributed by atoms with Gasteiger partial charge in [0.1, 0.15) is 16.5 Å². The SMILES string of the molecule is COc1ccc(-c2csc(CN=Cc3ccc(C)cc3O)n2)cc1. The van der Waals surface area contributed by atoms with Crippen molar-refractivity contribution in [2.75, 3.05) is 7.11 Å². The lowest BCUT2D eigenvalue weighted by Gasteiger charge is -2.00. The first-order valence-corrected chi connectivity index (χ1v) is 8.42. The molecule has 122 valence electrons. The minimum absolute atomic E-state index is 0.247. The zero-order valence-electron chi connectivity index (χ0n) is 13.6. The molecule has 0 aliphatic rings. The molecule has 0 bridgehead atoms. The number of hydrogen-bond acceptors (Lipinski definition) is 5. The zero-order valence-corrected chi connectivity index (χ0v) is 14.4. The van der Waals surface area contributed by atoms with Crippen LogP contribution in [0, 0.1) is 6.92 Å². The summed E-state index contributed by atoms with van der Waals surface area (Å²) in [6.45, 7) is 2.44. The number of aromatic nitrogens is 1. The lowest BCUT2D eigenvalue weighted by atomic mass is 10.1. The van der Waals surface area contributed by atoms with Gasteiger partial charge in [-0.2, -0.15) is 0 Å². The monoisotopic (exact) mass is 338 g/mol.